The molecule has 0 aliphatic carbocycles. The fourth-order valence-corrected chi connectivity index (χ4v) is 5.61. The lowest BCUT2D eigenvalue weighted by molar-refractivity contribution is -0.124. The molecule has 43 heavy (non-hydrogen) atoms. The Labute approximate surface area is 256 Å². The number of hydrogen-bond donors (Lipinski definition) is 1. The van der Waals surface area contributed by atoms with Crippen molar-refractivity contribution in [3.8, 4) is 33.9 Å². The predicted octanol–water partition coefficient (Wildman–Crippen LogP) is 6.57. The summed E-state index contributed by atoms with van der Waals surface area (Å²) in [5, 5.41) is 6.45. The zero-order valence-electron chi connectivity index (χ0n) is 23.8. The van der Waals surface area contributed by atoms with E-state index in [1.807, 2.05) is 6.07 Å². The van der Waals surface area contributed by atoms with Gasteiger partial charge < -0.3 is 18.8 Å². The Hall–Kier alpha value is -4.67. The standard InChI is InChI=1S/C32H28ClN3O6S/c1-5-24(29(37)35-32-34-23(17-43-32)19-12-15-25(40-3)26(16-19)41-4)42-31(39)28-27(18-10-13-20(33)14-11-18)21-8-6-7-9-22(21)30(38)36(28)2/h6-17,24H,5H2,1-4H3,(H,34,35,37). The summed E-state index contributed by atoms with van der Waals surface area (Å²) in [6, 6.07) is 19.4. The Balaban J connectivity index is 1.42. The average Bonchev–Trinajstić information content (AvgIpc) is 3.49. The number of benzene rings is 3. The monoisotopic (exact) mass is 617 g/mol. The number of hydrogen-bond acceptors (Lipinski definition) is 8. The molecule has 0 bridgehead atoms. The predicted molar refractivity (Wildman–Crippen MR) is 168 cm³/mol. The number of nitrogens with zero attached hydrogens (tertiary/aromatic N) is 2. The van der Waals surface area contributed by atoms with E-state index in [0.717, 1.165) is 5.56 Å². The van der Waals surface area contributed by atoms with E-state index in [0.29, 0.717) is 49.2 Å². The molecule has 5 rings (SSSR count). The summed E-state index contributed by atoms with van der Waals surface area (Å²) in [6.07, 6.45) is -0.941. The largest absolute Gasteiger partial charge is 0.493 e. The number of aromatic nitrogens is 2. The molecule has 9 nitrogen and oxygen atoms in total. The van der Waals surface area contributed by atoms with Gasteiger partial charge in [0.15, 0.2) is 22.7 Å². The smallest absolute Gasteiger partial charge is 0.356 e. The highest BCUT2D eigenvalue weighted by Gasteiger charge is 2.28. The minimum atomic E-state index is -1.14. The highest BCUT2D eigenvalue weighted by Crippen LogP contribution is 2.34. The Kier molecular flexibility index (Phi) is 8.79. The van der Waals surface area contributed by atoms with E-state index < -0.39 is 18.0 Å². The molecule has 5 aromatic rings. The number of carbonyl (C=O) groups is 2. The van der Waals surface area contributed by atoms with Crippen molar-refractivity contribution in [2.45, 2.75) is 19.4 Å². The van der Waals surface area contributed by atoms with Crippen molar-refractivity contribution in [1.29, 1.82) is 0 Å². The second-order valence-corrected chi connectivity index (χ2v) is 10.8. The summed E-state index contributed by atoms with van der Waals surface area (Å²) in [7, 11) is 4.62. The van der Waals surface area contributed by atoms with Crippen LogP contribution in [0.1, 0.15) is 23.8 Å². The van der Waals surface area contributed by atoms with Crippen LogP contribution in [0.5, 0.6) is 11.5 Å². The Morgan fingerprint density at radius 1 is 0.977 bits per heavy atom. The summed E-state index contributed by atoms with van der Waals surface area (Å²) in [5.74, 6) is -0.200. The number of amides is 1. The van der Waals surface area contributed by atoms with Crippen LogP contribution in [0.4, 0.5) is 5.13 Å². The van der Waals surface area contributed by atoms with E-state index in [9.17, 15) is 14.4 Å². The van der Waals surface area contributed by atoms with Gasteiger partial charge in [-0.1, -0.05) is 48.9 Å². The normalized spacial score (nSPS) is 11.7. The molecule has 2 aromatic heterocycles. The number of thiazole rings is 1. The van der Waals surface area contributed by atoms with Gasteiger partial charge in [-0.05, 0) is 53.8 Å². The van der Waals surface area contributed by atoms with Crippen molar-refractivity contribution in [1.82, 2.24) is 9.55 Å². The molecule has 0 aliphatic rings. The Morgan fingerprint density at radius 3 is 2.33 bits per heavy atom. The number of rotatable bonds is 9. The minimum Gasteiger partial charge on any atom is -0.493 e. The third kappa shape index (κ3) is 5.97. The summed E-state index contributed by atoms with van der Waals surface area (Å²) < 4.78 is 17.7. The molecule has 1 N–H and O–H groups in total. The number of fused-ring (bicyclic) bond motifs is 1. The van der Waals surface area contributed by atoms with Crippen LogP contribution in [0.2, 0.25) is 5.02 Å². The van der Waals surface area contributed by atoms with Crippen LogP contribution in [-0.2, 0) is 16.6 Å². The van der Waals surface area contributed by atoms with Crippen molar-refractivity contribution in [2.24, 2.45) is 7.05 Å². The van der Waals surface area contributed by atoms with Crippen LogP contribution in [0.15, 0.2) is 76.9 Å². The summed E-state index contributed by atoms with van der Waals surface area (Å²) >= 11 is 7.36. The van der Waals surface area contributed by atoms with Crippen LogP contribution in [0, 0.1) is 0 Å². The van der Waals surface area contributed by atoms with Gasteiger partial charge in [-0.25, -0.2) is 9.78 Å². The molecule has 0 spiro atoms. The number of nitrogens with one attached hydrogen (secondary N) is 1. The molecule has 1 amide bonds. The SMILES string of the molecule is CCC(OC(=O)c1c(-c2ccc(Cl)cc2)c2ccccc2c(=O)n1C)C(=O)Nc1nc(-c2ccc(OC)c(OC)c2)cs1. The molecule has 0 saturated carbocycles. The average molecular weight is 618 g/mol. The number of ether oxygens (including phenoxy) is 3. The number of esters is 1. The molecule has 0 fully saturated rings. The molecule has 220 valence electrons. The highest BCUT2D eigenvalue weighted by molar-refractivity contribution is 7.14. The van der Waals surface area contributed by atoms with Gasteiger partial charge in [0.25, 0.3) is 11.5 Å². The lowest BCUT2D eigenvalue weighted by Crippen LogP contribution is -2.34. The lowest BCUT2D eigenvalue weighted by atomic mass is 9.96. The molecule has 2 heterocycles. The fourth-order valence-electron chi connectivity index (χ4n) is 4.77. The van der Waals surface area contributed by atoms with Gasteiger partial charge in [-0.15, -0.1) is 11.3 Å². The molecule has 1 atom stereocenters. The molecule has 11 heteroatoms. The second-order valence-electron chi connectivity index (χ2n) is 9.54. The second kappa shape index (κ2) is 12.7. The number of pyridine rings is 1. The summed E-state index contributed by atoms with van der Waals surface area (Å²) in [6.45, 7) is 1.73. The van der Waals surface area contributed by atoms with Gasteiger partial charge >= 0.3 is 5.97 Å². The third-order valence-corrected chi connectivity index (χ3v) is 7.97. The topological polar surface area (TPSA) is 109 Å². The van der Waals surface area contributed by atoms with E-state index in [-0.39, 0.29) is 17.7 Å². The molecular weight excluding hydrogens is 590 g/mol. The molecule has 0 aliphatic heterocycles. The quantitative estimate of drug-likeness (QED) is 0.186. The number of methoxy groups -OCH3 is 2. The van der Waals surface area contributed by atoms with Crippen LogP contribution < -0.4 is 20.3 Å². The highest BCUT2D eigenvalue weighted by atomic mass is 35.5. The molecule has 0 radical (unpaired) electrons. The molecular formula is C32H28ClN3O6S. The van der Waals surface area contributed by atoms with Crippen LogP contribution in [0.25, 0.3) is 33.2 Å². The van der Waals surface area contributed by atoms with E-state index in [2.05, 4.69) is 10.3 Å². The summed E-state index contributed by atoms with van der Waals surface area (Å²) in [5.41, 5.74) is 2.26. The van der Waals surface area contributed by atoms with E-state index in [4.69, 9.17) is 25.8 Å². The van der Waals surface area contributed by atoms with Crippen LogP contribution >= 0.6 is 22.9 Å². The maximum Gasteiger partial charge on any atom is 0.356 e. The summed E-state index contributed by atoms with van der Waals surface area (Å²) in [4.78, 5) is 44.8. The van der Waals surface area contributed by atoms with Crippen LogP contribution in [-0.4, -0.2) is 41.8 Å². The van der Waals surface area contributed by atoms with E-state index in [1.165, 1.54) is 23.0 Å². The molecule has 0 saturated heterocycles. The Bertz CT molecular complexity index is 1880. The van der Waals surface area contributed by atoms with Gasteiger partial charge in [-0.2, -0.15) is 0 Å². The van der Waals surface area contributed by atoms with Crippen molar-refractivity contribution >= 4 is 50.7 Å². The minimum absolute atomic E-state index is 0.0299. The molecule has 3 aromatic carbocycles. The van der Waals surface area contributed by atoms with Crippen molar-refractivity contribution in [2.75, 3.05) is 19.5 Å². The van der Waals surface area contributed by atoms with E-state index in [1.54, 1.807) is 87.2 Å². The van der Waals surface area contributed by atoms with Crippen LogP contribution in [0.3, 0.4) is 0 Å². The van der Waals surface area contributed by atoms with Gasteiger partial charge in [0.2, 0.25) is 0 Å². The van der Waals surface area contributed by atoms with Crippen molar-refractivity contribution in [3.05, 3.63) is 93.2 Å². The zero-order valence-corrected chi connectivity index (χ0v) is 25.4. The third-order valence-electron chi connectivity index (χ3n) is 6.96. The van der Waals surface area contributed by atoms with Crippen molar-refractivity contribution in [3.63, 3.8) is 0 Å². The first-order chi connectivity index (χ1) is 20.7. The number of carbonyl (C=O) groups excluding carboxylic acids is 2. The number of anilines is 1. The van der Waals surface area contributed by atoms with Crippen molar-refractivity contribution < 1.29 is 23.8 Å². The first kappa shape index (κ1) is 29.8. The van der Waals surface area contributed by atoms with Gasteiger partial charge in [0, 0.05) is 34.0 Å². The zero-order chi connectivity index (χ0) is 30.7. The lowest BCUT2D eigenvalue weighted by Gasteiger charge is -2.20. The van der Waals surface area contributed by atoms with Gasteiger partial charge in [0.05, 0.1) is 19.9 Å². The maximum atomic E-state index is 13.7. The number of halogens is 1. The molecule has 1 unspecified atom stereocenters. The first-order valence-corrected chi connectivity index (χ1v) is 14.6. The van der Waals surface area contributed by atoms with Gasteiger partial charge in [-0.3, -0.25) is 14.9 Å². The fraction of sp³-hybridized carbons (Fsp3) is 0.188. The van der Waals surface area contributed by atoms with Gasteiger partial charge in [0.1, 0.15) is 5.69 Å². The van der Waals surface area contributed by atoms with E-state index >= 15 is 0 Å². The Morgan fingerprint density at radius 2 is 1.65 bits per heavy atom. The first-order valence-electron chi connectivity index (χ1n) is 13.3. The maximum absolute atomic E-state index is 13.7.